The van der Waals surface area contributed by atoms with E-state index in [0.717, 1.165) is 9.87 Å². The molecule has 2 amide bonds. The number of ether oxygens (including phenoxy) is 1. The van der Waals surface area contributed by atoms with Crippen LogP contribution < -0.4 is 14.4 Å². The number of sulfonamides is 1. The molecule has 10 heteroatoms. The first-order chi connectivity index (χ1) is 18.3. The molecule has 0 aliphatic rings. The Morgan fingerprint density at radius 2 is 1.54 bits per heavy atom. The Morgan fingerprint density at radius 1 is 0.949 bits per heavy atom. The Bertz CT molecular complexity index is 1370. The molecule has 3 rings (SSSR count). The first-order valence-corrected chi connectivity index (χ1v) is 14.2. The van der Waals surface area contributed by atoms with Crippen LogP contribution >= 0.6 is 11.6 Å². The summed E-state index contributed by atoms with van der Waals surface area (Å²) in [6.07, 6.45) is 0. The number of benzene rings is 3. The quantitative estimate of drug-likeness (QED) is 0.374. The summed E-state index contributed by atoms with van der Waals surface area (Å²) >= 11 is 6.04. The molecular weight excluding hydrogens is 538 g/mol. The van der Waals surface area contributed by atoms with Crippen molar-refractivity contribution in [2.75, 3.05) is 18.0 Å². The lowest BCUT2D eigenvalue weighted by atomic mass is 10.1. The lowest BCUT2D eigenvalue weighted by Gasteiger charge is -2.33. The number of halogens is 1. The van der Waals surface area contributed by atoms with Crippen molar-refractivity contribution >= 4 is 39.1 Å². The van der Waals surface area contributed by atoms with E-state index < -0.39 is 34.1 Å². The van der Waals surface area contributed by atoms with Gasteiger partial charge in [-0.15, -0.1) is 0 Å². The SMILES string of the molecule is COc1ccc(N(CC(=O)N(Cc2ccc(Cl)cc2)[C@H](C)C(=O)NC(C)(C)C)S(=O)(=O)c2ccccc2)cc1. The van der Waals surface area contributed by atoms with E-state index in [0.29, 0.717) is 10.8 Å². The second kappa shape index (κ2) is 12.5. The molecule has 0 saturated carbocycles. The molecule has 0 unspecified atom stereocenters. The molecule has 0 aromatic heterocycles. The zero-order valence-corrected chi connectivity index (χ0v) is 24.3. The van der Waals surface area contributed by atoms with Crippen LogP contribution in [0.1, 0.15) is 33.3 Å². The molecular formula is C29H34ClN3O5S. The Kier molecular flexibility index (Phi) is 9.63. The highest BCUT2D eigenvalue weighted by Gasteiger charge is 2.33. The van der Waals surface area contributed by atoms with Gasteiger partial charge >= 0.3 is 0 Å². The molecule has 39 heavy (non-hydrogen) atoms. The fourth-order valence-corrected chi connectivity index (χ4v) is 5.40. The molecule has 1 N–H and O–H groups in total. The molecule has 0 radical (unpaired) electrons. The summed E-state index contributed by atoms with van der Waals surface area (Å²) in [5, 5.41) is 3.44. The Balaban J connectivity index is 2.02. The zero-order chi connectivity index (χ0) is 28.8. The second-order valence-electron chi connectivity index (χ2n) is 10.1. The van der Waals surface area contributed by atoms with Gasteiger partial charge in [-0.3, -0.25) is 13.9 Å². The van der Waals surface area contributed by atoms with Crippen LogP contribution in [0.2, 0.25) is 5.02 Å². The van der Waals surface area contributed by atoms with Crippen molar-refractivity contribution in [1.82, 2.24) is 10.2 Å². The molecule has 208 valence electrons. The molecule has 1 atom stereocenters. The fraction of sp³-hybridized carbons (Fsp3) is 0.310. The van der Waals surface area contributed by atoms with Crippen LogP contribution in [0.5, 0.6) is 5.75 Å². The lowest BCUT2D eigenvalue weighted by Crippen LogP contribution is -2.54. The maximum atomic E-state index is 13.9. The standard InChI is InChI=1S/C29H34ClN3O5S/c1-21(28(35)31-29(2,3)4)32(19-22-11-13-23(30)14-12-22)27(34)20-33(24-15-17-25(38-5)18-16-24)39(36,37)26-9-7-6-8-10-26/h6-18,21H,19-20H2,1-5H3,(H,31,35)/t21-/m1/s1. The van der Waals surface area contributed by atoms with Gasteiger partial charge in [-0.2, -0.15) is 0 Å². The summed E-state index contributed by atoms with van der Waals surface area (Å²) in [5.41, 5.74) is 0.503. The van der Waals surface area contributed by atoms with Gasteiger partial charge in [-0.05, 0) is 81.8 Å². The monoisotopic (exact) mass is 571 g/mol. The lowest BCUT2D eigenvalue weighted by molar-refractivity contribution is -0.140. The molecule has 0 fully saturated rings. The van der Waals surface area contributed by atoms with Crippen molar-refractivity contribution < 1.29 is 22.7 Å². The number of methoxy groups -OCH3 is 1. The van der Waals surface area contributed by atoms with Crippen molar-refractivity contribution in [3.8, 4) is 5.75 Å². The van der Waals surface area contributed by atoms with E-state index in [1.54, 1.807) is 73.7 Å². The van der Waals surface area contributed by atoms with E-state index in [4.69, 9.17) is 16.3 Å². The number of nitrogens with zero attached hydrogens (tertiary/aromatic N) is 2. The van der Waals surface area contributed by atoms with E-state index in [1.807, 2.05) is 20.8 Å². The van der Waals surface area contributed by atoms with E-state index in [2.05, 4.69) is 5.32 Å². The number of anilines is 1. The van der Waals surface area contributed by atoms with Crippen LogP contribution in [0, 0.1) is 0 Å². The van der Waals surface area contributed by atoms with E-state index >= 15 is 0 Å². The molecule has 0 spiro atoms. The van der Waals surface area contributed by atoms with Crippen LogP contribution in [0.3, 0.4) is 0 Å². The normalized spacial score (nSPS) is 12.4. The third-order valence-corrected chi connectivity index (χ3v) is 7.94. The summed E-state index contributed by atoms with van der Waals surface area (Å²) in [7, 11) is -2.62. The van der Waals surface area contributed by atoms with Crippen LogP contribution in [-0.4, -0.2) is 50.4 Å². The van der Waals surface area contributed by atoms with Crippen molar-refractivity contribution in [2.24, 2.45) is 0 Å². The molecule has 0 aliphatic heterocycles. The first-order valence-electron chi connectivity index (χ1n) is 12.4. The van der Waals surface area contributed by atoms with Gasteiger partial charge < -0.3 is 15.0 Å². The number of hydrogen-bond donors (Lipinski definition) is 1. The third-order valence-electron chi connectivity index (χ3n) is 5.90. The van der Waals surface area contributed by atoms with E-state index in [9.17, 15) is 18.0 Å². The topological polar surface area (TPSA) is 96.0 Å². The predicted molar refractivity (Wildman–Crippen MR) is 153 cm³/mol. The molecule has 0 saturated heterocycles. The fourth-order valence-electron chi connectivity index (χ4n) is 3.84. The number of hydrogen-bond acceptors (Lipinski definition) is 5. The summed E-state index contributed by atoms with van der Waals surface area (Å²) in [6, 6.07) is 20.3. The van der Waals surface area contributed by atoms with Gasteiger partial charge in [-0.25, -0.2) is 8.42 Å². The van der Waals surface area contributed by atoms with Crippen molar-refractivity contribution in [1.29, 1.82) is 0 Å². The number of rotatable bonds is 10. The van der Waals surface area contributed by atoms with Crippen LogP contribution in [0.15, 0.2) is 83.8 Å². The Labute approximate surface area is 235 Å². The highest BCUT2D eigenvalue weighted by molar-refractivity contribution is 7.92. The van der Waals surface area contributed by atoms with Gasteiger partial charge in [0.25, 0.3) is 10.0 Å². The second-order valence-corrected chi connectivity index (χ2v) is 12.4. The van der Waals surface area contributed by atoms with Gasteiger partial charge in [-0.1, -0.05) is 41.9 Å². The van der Waals surface area contributed by atoms with E-state index in [-0.39, 0.29) is 23.0 Å². The van der Waals surface area contributed by atoms with Gasteiger partial charge in [0.2, 0.25) is 11.8 Å². The van der Waals surface area contributed by atoms with Gasteiger partial charge in [0.05, 0.1) is 17.7 Å². The van der Waals surface area contributed by atoms with Crippen molar-refractivity contribution in [2.45, 2.75) is 50.7 Å². The van der Waals surface area contributed by atoms with Crippen LogP contribution in [0.4, 0.5) is 5.69 Å². The minimum atomic E-state index is -4.13. The summed E-state index contributed by atoms with van der Waals surface area (Å²) in [4.78, 5) is 28.4. The Morgan fingerprint density at radius 3 is 2.08 bits per heavy atom. The summed E-state index contributed by atoms with van der Waals surface area (Å²) in [5.74, 6) is -0.359. The summed E-state index contributed by atoms with van der Waals surface area (Å²) < 4.78 is 33.8. The minimum absolute atomic E-state index is 0.0383. The number of carbonyl (C=O) groups excluding carboxylic acids is 2. The van der Waals surface area contributed by atoms with Crippen molar-refractivity contribution in [3.63, 3.8) is 0 Å². The third kappa shape index (κ3) is 7.97. The Hall–Kier alpha value is -3.56. The molecule has 3 aromatic rings. The molecule has 0 bridgehead atoms. The average Bonchev–Trinajstić information content (AvgIpc) is 2.90. The van der Waals surface area contributed by atoms with Crippen molar-refractivity contribution in [3.05, 3.63) is 89.4 Å². The number of nitrogens with one attached hydrogen (secondary N) is 1. The zero-order valence-electron chi connectivity index (χ0n) is 22.7. The summed E-state index contributed by atoms with van der Waals surface area (Å²) in [6.45, 7) is 6.72. The van der Waals surface area contributed by atoms with Crippen LogP contribution in [-0.2, 0) is 26.2 Å². The molecule has 8 nitrogen and oxygen atoms in total. The minimum Gasteiger partial charge on any atom is -0.497 e. The largest absolute Gasteiger partial charge is 0.497 e. The number of carbonyl (C=O) groups is 2. The number of amides is 2. The predicted octanol–water partition coefficient (Wildman–Crippen LogP) is 4.88. The highest BCUT2D eigenvalue weighted by atomic mass is 35.5. The maximum Gasteiger partial charge on any atom is 0.264 e. The molecule has 0 heterocycles. The van der Waals surface area contributed by atoms with Gasteiger partial charge in [0.15, 0.2) is 0 Å². The van der Waals surface area contributed by atoms with Gasteiger partial charge in [0, 0.05) is 17.1 Å². The smallest absolute Gasteiger partial charge is 0.264 e. The van der Waals surface area contributed by atoms with Gasteiger partial charge in [0.1, 0.15) is 18.3 Å². The van der Waals surface area contributed by atoms with Crippen LogP contribution in [0.25, 0.3) is 0 Å². The molecule has 3 aromatic carbocycles. The van der Waals surface area contributed by atoms with E-state index in [1.165, 1.54) is 24.1 Å². The molecule has 0 aliphatic carbocycles. The maximum absolute atomic E-state index is 13.9. The highest BCUT2D eigenvalue weighted by Crippen LogP contribution is 2.26. The average molecular weight is 572 g/mol. The first kappa shape index (κ1) is 30.0.